The molecule has 1 aromatic rings. The molecule has 6 heteroatoms. The minimum atomic E-state index is -0.880. The summed E-state index contributed by atoms with van der Waals surface area (Å²) in [5, 5.41) is 15.9. The molecule has 1 atom stereocenters. The van der Waals surface area contributed by atoms with Gasteiger partial charge in [-0.05, 0) is 18.9 Å². The van der Waals surface area contributed by atoms with Gasteiger partial charge in [0.25, 0.3) is 0 Å². The molecular formula is C9H14N4O2. The highest BCUT2D eigenvalue weighted by Gasteiger charge is 2.31. The summed E-state index contributed by atoms with van der Waals surface area (Å²) >= 11 is 0. The summed E-state index contributed by atoms with van der Waals surface area (Å²) in [6.45, 7) is 0.984. The van der Waals surface area contributed by atoms with E-state index in [2.05, 4.69) is 10.2 Å². The standard InChI is InChI=1S/C9H14N4O2/c10-5-6-4-7(12-11-6)8-2-1-3-13(8)9(14)15/h4,8H,1-3,5,10H2,(H,11,12)(H,14,15)/t8-/m0/s1. The van der Waals surface area contributed by atoms with E-state index < -0.39 is 6.09 Å². The van der Waals surface area contributed by atoms with Gasteiger partial charge in [-0.2, -0.15) is 5.10 Å². The molecule has 82 valence electrons. The van der Waals surface area contributed by atoms with Gasteiger partial charge >= 0.3 is 6.09 Å². The summed E-state index contributed by atoms with van der Waals surface area (Å²) < 4.78 is 0. The van der Waals surface area contributed by atoms with Crippen LogP contribution in [0.1, 0.15) is 30.3 Å². The van der Waals surface area contributed by atoms with Crippen LogP contribution in [0.3, 0.4) is 0 Å². The zero-order valence-corrected chi connectivity index (χ0v) is 8.31. The van der Waals surface area contributed by atoms with Crippen LogP contribution in [0.15, 0.2) is 6.07 Å². The van der Waals surface area contributed by atoms with E-state index in [-0.39, 0.29) is 6.04 Å². The average Bonchev–Trinajstić information content (AvgIpc) is 2.85. The molecular weight excluding hydrogens is 196 g/mol. The fourth-order valence-electron chi connectivity index (χ4n) is 1.96. The monoisotopic (exact) mass is 210 g/mol. The zero-order chi connectivity index (χ0) is 10.8. The lowest BCUT2D eigenvalue weighted by molar-refractivity contribution is 0.139. The number of nitrogens with one attached hydrogen (secondary N) is 1. The SMILES string of the molecule is NCc1cc([C@@H]2CCCN2C(=O)O)n[nH]1. The van der Waals surface area contributed by atoms with Crippen LogP contribution in [0.4, 0.5) is 4.79 Å². The first-order valence-electron chi connectivity index (χ1n) is 4.96. The van der Waals surface area contributed by atoms with E-state index in [0.717, 1.165) is 24.2 Å². The summed E-state index contributed by atoms with van der Waals surface area (Å²) in [5.41, 5.74) is 7.06. The van der Waals surface area contributed by atoms with Crippen LogP contribution in [-0.2, 0) is 6.54 Å². The number of hydrogen-bond acceptors (Lipinski definition) is 3. The summed E-state index contributed by atoms with van der Waals surface area (Å²) in [6, 6.07) is 1.73. The molecule has 1 saturated heterocycles. The molecule has 0 spiro atoms. The van der Waals surface area contributed by atoms with Crippen molar-refractivity contribution in [2.45, 2.75) is 25.4 Å². The van der Waals surface area contributed by atoms with Crippen molar-refractivity contribution in [3.63, 3.8) is 0 Å². The molecule has 6 nitrogen and oxygen atoms in total. The molecule has 0 aromatic carbocycles. The molecule has 1 fully saturated rings. The van der Waals surface area contributed by atoms with Gasteiger partial charge in [0, 0.05) is 18.8 Å². The lowest BCUT2D eigenvalue weighted by atomic mass is 10.1. The van der Waals surface area contributed by atoms with Crippen molar-refractivity contribution in [3.8, 4) is 0 Å². The van der Waals surface area contributed by atoms with Crippen molar-refractivity contribution in [3.05, 3.63) is 17.5 Å². The van der Waals surface area contributed by atoms with Gasteiger partial charge < -0.3 is 10.8 Å². The molecule has 1 aromatic heterocycles. The predicted octanol–water partition coefficient (Wildman–Crippen LogP) is 0.683. The van der Waals surface area contributed by atoms with E-state index in [9.17, 15) is 4.79 Å². The summed E-state index contributed by atoms with van der Waals surface area (Å²) in [6.07, 6.45) is 0.845. The molecule has 0 saturated carbocycles. The average molecular weight is 210 g/mol. The molecule has 1 aliphatic heterocycles. The third kappa shape index (κ3) is 1.80. The Kier molecular flexibility index (Phi) is 2.59. The Morgan fingerprint density at radius 1 is 1.80 bits per heavy atom. The molecule has 1 amide bonds. The van der Waals surface area contributed by atoms with Crippen molar-refractivity contribution in [2.75, 3.05) is 6.54 Å². The van der Waals surface area contributed by atoms with Crippen molar-refractivity contribution < 1.29 is 9.90 Å². The number of hydrogen-bond donors (Lipinski definition) is 3. The third-order valence-electron chi connectivity index (χ3n) is 2.71. The Hall–Kier alpha value is -1.56. The Labute approximate surface area is 87.1 Å². The first-order chi connectivity index (χ1) is 7.22. The molecule has 0 aliphatic carbocycles. The molecule has 0 bridgehead atoms. The highest BCUT2D eigenvalue weighted by Crippen LogP contribution is 2.30. The number of nitrogens with two attached hydrogens (primary N) is 1. The van der Waals surface area contributed by atoms with Crippen LogP contribution < -0.4 is 5.73 Å². The number of amides is 1. The number of rotatable bonds is 2. The van der Waals surface area contributed by atoms with Gasteiger partial charge in [-0.1, -0.05) is 0 Å². The third-order valence-corrected chi connectivity index (χ3v) is 2.71. The summed E-state index contributed by atoms with van der Waals surface area (Å²) in [4.78, 5) is 12.4. The maximum atomic E-state index is 10.9. The number of aromatic amines is 1. The number of H-pyrrole nitrogens is 1. The number of carboxylic acid groups (broad SMARTS) is 1. The van der Waals surface area contributed by atoms with E-state index in [0.29, 0.717) is 13.1 Å². The molecule has 15 heavy (non-hydrogen) atoms. The van der Waals surface area contributed by atoms with Gasteiger partial charge in [0.15, 0.2) is 0 Å². The molecule has 1 aliphatic rings. The number of nitrogens with zero attached hydrogens (tertiary/aromatic N) is 2. The van der Waals surface area contributed by atoms with Crippen molar-refractivity contribution >= 4 is 6.09 Å². The molecule has 0 radical (unpaired) electrons. The van der Waals surface area contributed by atoms with Gasteiger partial charge in [0.1, 0.15) is 0 Å². The highest BCUT2D eigenvalue weighted by atomic mass is 16.4. The lowest BCUT2D eigenvalue weighted by Gasteiger charge is -2.19. The van der Waals surface area contributed by atoms with Crippen LogP contribution in [-0.4, -0.2) is 32.8 Å². The predicted molar refractivity (Wildman–Crippen MR) is 53.2 cm³/mol. The number of likely N-dealkylation sites (tertiary alicyclic amines) is 1. The summed E-state index contributed by atoms with van der Waals surface area (Å²) in [5.74, 6) is 0. The largest absolute Gasteiger partial charge is 0.465 e. The Bertz CT molecular complexity index is 363. The fourth-order valence-corrected chi connectivity index (χ4v) is 1.96. The quantitative estimate of drug-likeness (QED) is 0.669. The zero-order valence-electron chi connectivity index (χ0n) is 8.31. The Balaban J connectivity index is 2.18. The normalized spacial score (nSPS) is 20.9. The number of aromatic nitrogens is 2. The second kappa shape index (κ2) is 3.90. The smallest absolute Gasteiger partial charge is 0.407 e. The van der Waals surface area contributed by atoms with E-state index in [1.165, 1.54) is 4.90 Å². The van der Waals surface area contributed by atoms with Crippen LogP contribution >= 0.6 is 0 Å². The summed E-state index contributed by atoms with van der Waals surface area (Å²) in [7, 11) is 0. The fraction of sp³-hybridized carbons (Fsp3) is 0.556. The topological polar surface area (TPSA) is 95.2 Å². The number of carbonyl (C=O) groups is 1. The Morgan fingerprint density at radius 2 is 2.60 bits per heavy atom. The van der Waals surface area contributed by atoms with Gasteiger partial charge in [0.05, 0.1) is 11.7 Å². The van der Waals surface area contributed by atoms with E-state index >= 15 is 0 Å². The second-order valence-corrected chi connectivity index (χ2v) is 3.66. The molecule has 0 unspecified atom stereocenters. The van der Waals surface area contributed by atoms with E-state index in [1.807, 2.05) is 6.07 Å². The minimum absolute atomic E-state index is 0.112. The second-order valence-electron chi connectivity index (χ2n) is 3.66. The van der Waals surface area contributed by atoms with Gasteiger partial charge in [-0.25, -0.2) is 4.79 Å². The van der Waals surface area contributed by atoms with Crippen LogP contribution in [0, 0.1) is 0 Å². The minimum Gasteiger partial charge on any atom is -0.465 e. The lowest BCUT2D eigenvalue weighted by Crippen LogP contribution is -2.28. The van der Waals surface area contributed by atoms with Crippen molar-refractivity contribution in [1.29, 1.82) is 0 Å². The van der Waals surface area contributed by atoms with Gasteiger partial charge in [0.2, 0.25) is 0 Å². The Morgan fingerprint density at radius 3 is 3.20 bits per heavy atom. The maximum Gasteiger partial charge on any atom is 0.407 e. The van der Waals surface area contributed by atoms with Gasteiger partial charge in [-0.15, -0.1) is 0 Å². The molecule has 2 rings (SSSR count). The highest BCUT2D eigenvalue weighted by molar-refractivity contribution is 5.66. The van der Waals surface area contributed by atoms with Crippen molar-refractivity contribution in [2.24, 2.45) is 5.73 Å². The first kappa shape index (κ1) is 9.97. The molecule has 2 heterocycles. The van der Waals surface area contributed by atoms with Crippen LogP contribution in [0.2, 0.25) is 0 Å². The van der Waals surface area contributed by atoms with Crippen LogP contribution in [0.5, 0.6) is 0 Å². The van der Waals surface area contributed by atoms with E-state index in [4.69, 9.17) is 10.8 Å². The first-order valence-corrected chi connectivity index (χ1v) is 4.96. The van der Waals surface area contributed by atoms with Crippen molar-refractivity contribution in [1.82, 2.24) is 15.1 Å². The van der Waals surface area contributed by atoms with Gasteiger partial charge in [-0.3, -0.25) is 10.00 Å². The molecule has 4 N–H and O–H groups in total. The van der Waals surface area contributed by atoms with Crippen LogP contribution in [0.25, 0.3) is 0 Å². The maximum absolute atomic E-state index is 10.9. The van der Waals surface area contributed by atoms with E-state index in [1.54, 1.807) is 0 Å².